The van der Waals surface area contributed by atoms with Gasteiger partial charge in [0.05, 0.1) is 19.9 Å². The summed E-state index contributed by atoms with van der Waals surface area (Å²) in [5.41, 5.74) is 7.95. The van der Waals surface area contributed by atoms with Gasteiger partial charge in [0.25, 0.3) is 0 Å². The van der Waals surface area contributed by atoms with Gasteiger partial charge in [0.1, 0.15) is 5.01 Å². The molecule has 0 saturated carbocycles. The van der Waals surface area contributed by atoms with E-state index in [4.69, 9.17) is 20.2 Å². The number of nitrogens with zero attached hydrogens (tertiary/aromatic N) is 1. The number of rotatable bonds is 6. The van der Waals surface area contributed by atoms with Crippen LogP contribution in [0.3, 0.4) is 0 Å². The van der Waals surface area contributed by atoms with Crippen LogP contribution < -0.4 is 15.2 Å². The van der Waals surface area contributed by atoms with E-state index >= 15 is 0 Å². The number of nitrogens with two attached hydrogens (primary N) is 1. The molecule has 2 rings (SSSR count). The van der Waals surface area contributed by atoms with Crippen molar-refractivity contribution in [3.05, 3.63) is 28.8 Å². The molecule has 2 aromatic rings. The van der Waals surface area contributed by atoms with Gasteiger partial charge in [-0.05, 0) is 24.6 Å². The van der Waals surface area contributed by atoms with Gasteiger partial charge in [0.15, 0.2) is 11.5 Å². The lowest BCUT2D eigenvalue weighted by Gasteiger charge is -2.08. The smallest absolute Gasteiger partial charge is 0.161 e. The number of hydrogen-bond donors (Lipinski definition) is 1. The summed E-state index contributed by atoms with van der Waals surface area (Å²) in [5.74, 6) is 1.44. The molecular weight excluding hydrogens is 272 g/mol. The maximum absolute atomic E-state index is 5.80. The lowest BCUT2D eigenvalue weighted by Crippen LogP contribution is -1.97. The highest BCUT2D eigenvalue weighted by molar-refractivity contribution is 7.15. The Morgan fingerprint density at radius 3 is 2.55 bits per heavy atom. The van der Waals surface area contributed by atoms with E-state index in [-0.39, 0.29) is 0 Å². The summed E-state index contributed by atoms with van der Waals surface area (Å²) < 4.78 is 10.6. The predicted octanol–water partition coefficient (Wildman–Crippen LogP) is 3.24. The van der Waals surface area contributed by atoms with Crippen LogP contribution in [0.25, 0.3) is 10.6 Å². The van der Waals surface area contributed by atoms with Crippen LogP contribution in [-0.2, 0) is 13.0 Å². The van der Waals surface area contributed by atoms with E-state index in [2.05, 4.69) is 6.92 Å². The zero-order valence-corrected chi connectivity index (χ0v) is 12.9. The van der Waals surface area contributed by atoms with Gasteiger partial charge in [-0.25, -0.2) is 4.98 Å². The van der Waals surface area contributed by atoms with E-state index in [0.717, 1.165) is 39.7 Å². The summed E-state index contributed by atoms with van der Waals surface area (Å²) in [5, 5.41) is 0.981. The molecule has 0 aliphatic carbocycles. The van der Waals surface area contributed by atoms with E-state index < -0.39 is 0 Å². The molecule has 0 fully saturated rings. The summed E-state index contributed by atoms with van der Waals surface area (Å²) in [4.78, 5) is 5.88. The lowest BCUT2D eigenvalue weighted by molar-refractivity contribution is 0.355. The van der Waals surface area contributed by atoms with Crippen molar-refractivity contribution in [1.29, 1.82) is 0 Å². The SMILES string of the molecule is CCCc1nc(-c2ccc(OC)c(OC)c2)sc1CN. The normalized spacial score (nSPS) is 10.6. The van der Waals surface area contributed by atoms with Crippen molar-refractivity contribution in [3.63, 3.8) is 0 Å². The fourth-order valence-corrected chi connectivity index (χ4v) is 3.05. The van der Waals surface area contributed by atoms with Gasteiger partial charge in [-0.2, -0.15) is 0 Å². The second kappa shape index (κ2) is 6.72. The molecule has 0 spiro atoms. The molecule has 1 heterocycles. The molecule has 1 aromatic heterocycles. The van der Waals surface area contributed by atoms with Crippen LogP contribution in [0.4, 0.5) is 0 Å². The number of benzene rings is 1. The molecule has 4 nitrogen and oxygen atoms in total. The number of methoxy groups -OCH3 is 2. The highest BCUT2D eigenvalue weighted by Crippen LogP contribution is 2.35. The number of thiazole rings is 1. The molecule has 0 saturated heterocycles. The second-order valence-corrected chi connectivity index (χ2v) is 5.50. The average molecular weight is 292 g/mol. The van der Waals surface area contributed by atoms with E-state index in [1.165, 1.54) is 0 Å². The van der Waals surface area contributed by atoms with Crippen LogP contribution in [-0.4, -0.2) is 19.2 Å². The monoisotopic (exact) mass is 292 g/mol. The van der Waals surface area contributed by atoms with Gasteiger partial charge in [-0.15, -0.1) is 11.3 Å². The van der Waals surface area contributed by atoms with Crippen LogP contribution in [0.15, 0.2) is 18.2 Å². The maximum atomic E-state index is 5.80. The molecule has 0 bridgehead atoms. The zero-order chi connectivity index (χ0) is 14.5. The van der Waals surface area contributed by atoms with Crippen molar-refractivity contribution >= 4 is 11.3 Å². The Bertz CT molecular complexity index is 581. The van der Waals surface area contributed by atoms with E-state index in [1.807, 2.05) is 18.2 Å². The summed E-state index contributed by atoms with van der Waals surface area (Å²) >= 11 is 1.65. The number of aromatic nitrogens is 1. The maximum Gasteiger partial charge on any atom is 0.161 e. The van der Waals surface area contributed by atoms with Crippen LogP contribution >= 0.6 is 11.3 Å². The first-order valence-electron chi connectivity index (χ1n) is 6.64. The topological polar surface area (TPSA) is 57.4 Å². The first-order valence-corrected chi connectivity index (χ1v) is 7.46. The summed E-state index contributed by atoms with van der Waals surface area (Å²) in [6.07, 6.45) is 2.04. The van der Waals surface area contributed by atoms with Crippen LogP contribution in [0.1, 0.15) is 23.9 Å². The molecule has 1 aromatic carbocycles. The quantitative estimate of drug-likeness (QED) is 0.888. The van der Waals surface area contributed by atoms with Gasteiger partial charge in [0, 0.05) is 17.0 Å². The summed E-state index contributed by atoms with van der Waals surface area (Å²) in [6, 6.07) is 5.85. The predicted molar refractivity (Wildman–Crippen MR) is 82.5 cm³/mol. The Morgan fingerprint density at radius 1 is 1.20 bits per heavy atom. The lowest BCUT2D eigenvalue weighted by atomic mass is 10.2. The van der Waals surface area contributed by atoms with Crippen molar-refractivity contribution in [2.24, 2.45) is 5.73 Å². The number of ether oxygens (including phenoxy) is 2. The van der Waals surface area contributed by atoms with Gasteiger partial charge in [0.2, 0.25) is 0 Å². The second-order valence-electron chi connectivity index (χ2n) is 4.41. The van der Waals surface area contributed by atoms with Crippen LogP contribution in [0.2, 0.25) is 0 Å². The largest absolute Gasteiger partial charge is 0.493 e. The third kappa shape index (κ3) is 2.94. The Hall–Kier alpha value is -1.59. The standard InChI is InChI=1S/C15H20N2O2S/c1-4-5-11-14(9-16)20-15(17-11)10-6-7-12(18-2)13(8-10)19-3/h6-8H,4-5,9,16H2,1-3H3. The minimum absolute atomic E-state index is 0.542. The third-order valence-corrected chi connectivity index (χ3v) is 4.25. The van der Waals surface area contributed by atoms with Crippen molar-refractivity contribution in [3.8, 4) is 22.1 Å². The Balaban J connectivity index is 2.40. The van der Waals surface area contributed by atoms with Crippen molar-refractivity contribution in [2.45, 2.75) is 26.3 Å². The van der Waals surface area contributed by atoms with Gasteiger partial charge < -0.3 is 15.2 Å². The Kier molecular flexibility index (Phi) is 4.98. The average Bonchev–Trinajstić information content (AvgIpc) is 2.90. The van der Waals surface area contributed by atoms with Crippen molar-refractivity contribution < 1.29 is 9.47 Å². The van der Waals surface area contributed by atoms with E-state index in [9.17, 15) is 0 Å². The minimum atomic E-state index is 0.542. The first kappa shape index (κ1) is 14.8. The summed E-state index contributed by atoms with van der Waals surface area (Å²) in [6.45, 7) is 2.69. The van der Waals surface area contributed by atoms with Crippen molar-refractivity contribution in [2.75, 3.05) is 14.2 Å². The summed E-state index contributed by atoms with van der Waals surface area (Å²) in [7, 11) is 3.27. The minimum Gasteiger partial charge on any atom is -0.493 e. The Labute approximate surface area is 123 Å². The molecule has 0 unspecified atom stereocenters. The zero-order valence-electron chi connectivity index (χ0n) is 12.1. The van der Waals surface area contributed by atoms with E-state index in [0.29, 0.717) is 12.3 Å². The molecule has 0 amide bonds. The van der Waals surface area contributed by atoms with Crippen molar-refractivity contribution in [1.82, 2.24) is 4.98 Å². The Morgan fingerprint density at radius 2 is 1.95 bits per heavy atom. The molecule has 0 aliphatic heterocycles. The third-order valence-electron chi connectivity index (χ3n) is 3.08. The van der Waals surface area contributed by atoms with Gasteiger partial charge in [-0.1, -0.05) is 13.3 Å². The highest BCUT2D eigenvalue weighted by Gasteiger charge is 2.13. The number of aryl methyl sites for hydroxylation is 1. The fourth-order valence-electron chi connectivity index (χ4n) is 2.07. The number of hydrogen-bond acceptors (Lipinski definition) is 5. The van der Waals surface area contributed by atoms with E-state index in [1.54, 1.807) is 25.6 Å². The molecule has 5 heteroatoms. The molecule has 20 heavy (non-hydrogen) atoms. The fraction of sp³-hybridized carbons (Fsp3) is 0.400. The van der Waals surface area contributed by atoms with Crippen LogP contribution in [0.5, 0.6) is 11.5 Å². The molecule has 0 aliphatic rings. The molecule has 0 atom stereocenters. The molecular formula is C15H20N2O2S. The van der Waals surface area contributed by atoms with Gasteiger partial charge >= 0.3 is 0 Å². The molecule has 108 valence electrons. The highest BCUT2D eigenvalue weighted by atomic mass is 32.1. The molecule has 0 radical (unpaired) electrons. The van der Waals surface area contributed by atoms with Crippen LogP contribution in [0, 0.1) is 0 Å². The first-order chi connectivity index (χ1) is 9.73. The molecule has 2 N–H and O–H groups in total. The van der Waals surface area contributed by atoms with Gasteiger partial charge in [-0.3, -0.25) is 0 Å².